The molecule has 1 unspecified atom stereocenters. The van der Waals surface area contributed by atoms with E-state index < -0.39 is 0 Å². The van der Waals surface area contributed by atoms with Crippen LogP contribution in [-0.2, 0) is 11.8 Å². The zero-order valence-electron chi connectivity index (χ0n) is 12.3. The average molecular weight is 323 g/mol. The first-order valence-electron chi connectivity index (χ1n) is 6.56. The fourth-order valence-corrected chi connectivity index (χ4v) is 2.90. The maximum atomic E-state index is 12.1. The number of carbonyl (C=O) groups excluding carboxylic acids is 1. The lowest BCUT2D eigenvalue weighted by atomic mass is 10.0. The number of aromatic nitrogens is 2. The largest absolute Gasteiger partial charge is 0.335 e. The van der Waals surface area contributed by atoms with Crippen molar-refractivity contribution in [3.05, 3.63) is 17.0 Å². The second-order valence-electron chi connectivity index (χ2n) is 4.99. The molecular weight excluding hydrogens is 299 g/mol. The van der Waals surface area contributed by atoms with Crippen LogP contribution in [0.25, 0.3) is 0 Å². The molecule has 1 amide bonds. The number of amides is 1. The highest BCUT2D eigenvalue weighted by molar-refractivity contribution is 5.85. The Hall–Kier alpha value is -0.780. The fraction of sp³-hybridized carbons (Fsp3) is 0.692. The first kappa shape index (κ1) is 19.2. The fourth-order valence-electron chi connectivity index (χ4n) is 2.90. The van der Waals surface area contributed by atoms with Crippen molar-refractivity contribution < 1.29 is 4.79 Å². The third kappa shape index (κ3) is 3.45. The molecule has 1 atom stereocenters. The lowest BCUT2D eigenvalue weighted by Crippen LogP contribution is -2.32. The normalized spacial score (nSPS) is 17.6. The summed E-state index contributed by atoms with van der Waals surface area (Å²) in [5.74, 6) is 0.169. The minimum Gasteiger partial charge on any atom is -0.335 e. The number of nitrogens with zero attached hydrogens (tertiary/aromatic N) is 3. The van der Waals surface area contributed by atoms with Gasteiger partial charge in [0, 0.05) is 37.8 Å². The molecule has 0 saturated carbocycles. The van der Waals surface area contributed by atoms with Crippen LogP contribution >= 0.6 is 24.8 Å². The molecule has 1 aliphatic heterocycles. The topological polar surface area (TPSA) is 64.2 Å². The summed E-state index contributed by atoms with van der Waals surface area (Å²) in [5, 5.41) is 4.45. The molecule has 0 aliphatic carbocycles. The standard InChI is InChI=1S/C13H22N4O.2ClH/c1-9-13(10(2)16(3)15-9)11-5-4-8-17(11)12(18)6-7-14;;/h11H,4-8,14H2,1-3H3;2*1H. The maximum Gasteiger partial charge on any atom is 0.224 e. The molecule has 0 bridgehead atoms. The smallest absolute Gasteiger partial charge is 0.224 e. The molecule has 2 rings (SSSR count). The van der Waals surface area contributed by atoms with Crippen molar-refractivity contribution in [1.29, 1.82) is 0 Å². The molecular formula is C13H24Cl2N4O. The number of halogens is 2. The van der Waals surface area contributed by atoms with E-state index in [-0.39, 0.29) is 36.8 Å². The van der Waals surface area contributed by atoms with Gasteiger partial charge >= 0.3 is 0 Å². The van der Waals surface area contributed by atoms with Crippen LogP contribution < -0.4 is 5.73 Å². The monoisotopic (exact) mass is 322 g/mol. The molecule has 1 aliphatic rings. The minimum atomic E-state index is 0. The summed E-state index contributed by atoms with van der Waals surface area (Å²) in [4.78, 5) is 14.1. The molecule has 0 spiro atoms. The van der Waals surface area contributed by atoms with Crippen molar-refractivity contribution in [3.8, 4) is 0 Å². The van der Waals surface area contributed by atoms with Gasteiger partial charge in [-0.3, -0.25) is 9.48 Å². The number of likely N-dealkylation sites (tertiary alicyclic amines) is 1. The van der Waals surface area contributed by atoms with Crippen molar-refractivity contribution in [1.82, 2.24) is 14.7 Å². The van der Waals surface area contributed by atoms with E-state index in [2.05, 4.69) is 12.0 Å². The number of nitrogens with two attached hydrogens (primary N) is 1. The summed E-state index contributed by atoms with van der Waals surface area (Å²) < 4.78 is 1.90. The number of hydrogen-bond acceptors (Lipinski definition) is 3. The molecule has 2 heterocycles. The molecule has 20 heavy (non-hydrogen) atoms. The van der Waals surface area contributed by atoms with Gasteiger partial charge in [0.2, 0.25) is 5.91 Å². The van der Waals surface area contributed by atoms with Gasteiger partial charge in [0.25, 0.3) is 0 Å². The van der Waals surface area contributed by atoms with Crippen LogP contribution in [0.1, 0.15) is 42.3 Å². The summed E-state index contributed by atoms with van der Waals surface area (Å²) in [6.45, 7) is 5.36. The molecule has 1 fully saturated rings. The van der Waals surface area contributed by atoms with Gasteiger partial charge in [-0.2, -0.15) is 5.10 Å². The number of carbonyl (C=O) groups is 1. The Kier molecular flexibility index (Phi) is 7.55. The van der Waals surface area contributed by atoms with Gasteiger partial charge in [0.15, 0.2) is 0 Å². The van der Waals surface area contributed by atoms with Crippen LogP contribution in [0.15, 0.2) is 0 Å². The molecule has 2 N–H and O–H groups in total. The SMILES string of the molecule is Cc1nn(C)c(C)c1C1CCCN1C(=O)CCN.Cl.Cl. The van der Waals surface area contributed by atoms with Gasteiger partial charge in [0.1, 0.15) is 0 Å². The second kappa shape index (κ2) is 7.86. The van der Waals surface area contributed by atoms with Gasteiger partial charge in [-0.25, -0.2) is 0 Å². The lowest BCUT2D eigenvalue weighted by molar-refractivity contribution is -0.131. The molecule has 0 aromatic carbocycles. The molecule has 1 aromatic rings. The Morgan fingerprint density at radius 3 is 2.55 bits per heavy atom. The van der Waals surface area contributed by atoms with Gasteiger partial charge in [0.05, 0.1) is 11.7 Å². The second-order valence-corrected chi connectivity index (χ2v) is 4.99. The summed E-state index contributed by atoms with van der Waals surface area (Å²) in [5.41, 5.74) is 8.90. The Bertz CT molecular complexity index is 461. The van der Waals surface area contributed by atoms with Crippen molar-refractivity contribution in [2.45, 2.75) is 39.2 Å². The predicted octanol–water partition coefficient (Wildman–Crippen LogP) is 1.89. The van der Waals surface area contributed by atoms with Crippen molar-refractivity contribution >= 4 is 30.7 Å². The van der Waals surface area contributed by atoms with Crippen LogP contribution in [0, 0.1) is 13.8 Å². The third-order valence-electron chi connectivity index (χ3n) is 3.83. The van der Waals surface area contributed by atoms with Crippen LogP contribution in [-0.4, -0.2) is 33.7 Å². The first-order valence-corrected chi connectivity index (χ1v) is 6.56. The highest BCUT2D eigenvalue weighted by atomic mass is 35.5. The molecule has 0 radical (unpaired) electrons. The molecule has 7 heteroatoms. The minimum absolute atomic E-state index is 0. The van der Waals surface area contributed by atoms with E-state index in [9.17, 15) is 4.79 Å². The number of rotatable bonds is 3. The lowest BCUT2D eigenvalue weighted by Gasteiger charge is -2.25. The van der Waals surface area contributed by atoms with E-state index in [4.69, 9.17) is 5.73 Å². The molecule has 116 valence electrons. The number of aryl methyl sites for hydroxylation is 2. The number of hydrogen-bond donors (Lipinski definition) is 1. The van der Waals surface area contributed by atoms with Gasteiger partial charge in [-0.15, -0.1) is 24.8 Å². The summed E-state index contributed by atoms with van der Waals surface area (Å²) in [6.07, 6.45) is 2.54. The Balaban J connectivity index is 0.00000180. The maximum absolute atomic E-state index is 12.1. The van der Waals surface area contributed by atoms with E-state index in [0.717, 1.165) is 30.8 Å². The first-order chi connectivity index (χ1) is 8.56. The van der Waals surface area contributed by atoms with E-state index >= 15 is 0 Å². The van der Waals surface area contributed by atoms with E-state index in [1.54, 1.807) is 0 Å². The van der Waals surface area contributed by atoms with Gasteiger partial charge in [-0.1, -0.05) is 0 Å². The Morgan fingerprint density at radius 1 is 1.40 bits per heavy atom. The van der Waals surface area contributed by atoms with Crippen molar-refractivity contribution in [2.75, 3.05) is 13.1 Å². The summed E-state index contributed by atoms with van der Waals surface area (Å²) in [6, 6.07) is 0.192. The van der Waals surface area contributed by atoms with Crippen molar-refractivity contribution in [3.63, 3.8) is 0 Å². The zero-order chi connectivity index (χ0) is 13.3. The predicted molar refractivity (Wildman–Crippen MR) is 84.5 cm³/mol. The average Bonchev–Trinajstić information content (AvgIpc) is 2.86. The van der Waals surface area contributed by atoms with E-state index in [0.29, 0.717) is 13.0 Å². The van der Waals surface area contributed by atoms with Gasteiger partial charge in [-0.05, 0) is 26.7 Å². The quantitative estimate of drug-likeness (QED) is 0.924. The van der Waals surface area contributed by atoms with Crippen LogP contribution in [0.5, 0.6) is 0 Å². The van der Waals surface area contributed by atoms with Crippen molar-refractivity contribution in [2.24, 2.45) is 12.8 Å². The summed E-state index contributed by atoms with van der Waals surface area (Å²) >= 11 is 0. The van der Waals surface area contributed by atoms with Crippen LogP contribution in [0.3, 0.4) is 0 Å². The zero-order valence-corrected chi connectivity index (χ0v) is 13.9. The molecule has 1 saturated heterocycles. The van der Waals surface area contributed by atoms with Crippen LogP contribution in [0.4, 0.5) is 0 Å². The Labute approximate surface area is 132 Å². The van der Waals surface area contributed by atoms with Crippen LogP contribution in [0.2, 0.25) is 0 Å². The molecule has 5 nitrogen and oxygen atoms in total. The Morgan fingerprint density at radius 2 is 2.05 bits per heavy atom. The highest BCUT2D eigenvalue weighted by Crippen LogP contribution is 2.35. The highest BCUT2D eigenvalue weighted by Gasteiger charge is 2.32. The third-order valence-corrected chi connectivity index (χ3v) is 3.83. The van der Waals surface area contributed by atoms with E-state index in [1.807, 2.05) is 23.6 Å². The molecule has 1 aromatic heterocycles. The van der Waals surface area contributed by atoms with Gasteiger partial charge < -0.3 is 10.6 Å². The van der Waals surface area contributed by atoms with E-state index in [1.165, 1.54) is 5.56 Å². The summed E-state index contributed by atoms with van der Waals surface area (Å²) in [7, 11) is 1.95.